The Labute approximate surface area is 137 Å². The highest BCUT2D eigenvalue weighted by molar-refractivity contribution is 6.32. The lowest BCUT2D eigenvalue weighted by atomic mass is 10.2. The predicted octanol–water partition coefficient (Wildman–Crippen LogP) is 3.00. The zero-order valence-corrected chi connectivity index (χ0v) is 13.1. The van der Waals surface area contributed by atoms with Crippen molar-refractivity contribution >= 4 is 23.2 Å². The van der Waals surface area contributed by atoms with Gasteiger partial charge in [-0.05, 0) is 42.0 Å². The fourth-order valence-corrected chi connectivity index (χ4v) is 2.16. The Balaban J connectivity index is 2.02. The van der Waals surface area contributed by atoms with Crippen molar-refractivity contribution in [1.29, 1.82) is 0 Å². The van der Waals surface area contributed by atoms with Gasteiger partial charge >= 0.3 is 0 Å². The Bertz CT molecular complexity index is 691. The van der Waals surface area contributed by atoms with Crippen molar-refractivity contribution in [3.05, 3.63) is 52.8 Å². The van der Waals surface area contributed by atoms with Gasteiger partial charge in [0.25, 0.3) is 5.91 Å². The van der Waals surface area contributed by atoms with Gasteiger partial charge in [-0.25, -0.2) is 4.39 Å². The zero-order chi connectivity index (χ0) is 16.8. The van der Waals surface area contributed by atoms with E-state index in [-0.39, 0.29) is 29.8 Å². The van der Waals surface area contributed by atoms with Gasteiger partial charge in [-0.2, -0.15) is 0 Å². The number of aliphatic hydroxyl groups is 1. The largest absolute Gasteiger partial charge is 0.493 e. The van der Waals surface area contributed by atoms with Crippen LogP contribution < -0.4 is 14.8 Å². The Morgan fingerprint density at radius 1 is 1.30 bits per heavy atom. The van der Waals surface area contributed by atoms with E-state index in [2.05, 4.69) is 5.32 Å². The third-order valence-corrected chi connectivity index (χ3v) is 3.23. The van der Waals surface area contributed by atoms with E-state index < -0.39 is 5.91 Å². The molecule has 7 heteroatoms. The van der Waals surface area contributed by atoms with Crippen molar-refractivity contribution in [2.75, 3.05) is 19.0 Å². The van der Waals surface area contributed by atoms with Crippen LogP contribution >= 0.6 is 11.6 Å². The van der Waals surface area contributed by atoms with E-state index in [1.165, 1.54) is 37.4 Å². The molecule has 23 heavy (non-hydrogen) atoms. The molecular formula is C16H15ClFNO4. The van der Waals surface area contributed by atoms with Crippen LogP contribution in [0.15, 0.2) is 36.4 Å². The number of ether oxygens (including phenoxy) is 2. The lowest BCUT2D eigenvalue weighted by Crippen LogP contribution is -2.20. The normalized spacial score (nSPS) is 10.3. The predicted molar refractivity (Wildman–Crippen MR) is 84.5 cm³/mol. The molecular weight excluding hydrogens is 325 g/mol. The number of halogens is 2. The average Bonchev–Trinajstić information content (AvgIpc) is 2.55. The van der Waals surface area contributed by atoms with Crippen LogP contribution in [0.1, 0.15) is 5.56 Å². The Hall–Kier alpha value is -2.31. The minimum absolute atomic E-state index is 0.193. The quantitative estimate of drug-likeness (QED) is 0.849. The lowest BCUT2D eigenvalue weighted by Gasteiger charge is -2.13. The summed E-state index contributed by atoms with van der Waals surface area (Å²) in [5, 5.41) is 11.9. The number of amides is 1. The molecule has 5 nitrogen and oxygen atoms in total. The van der Waals surface area contributed by atoms with Crippen LogP contribution in [0.25, 0.3) is 0 Å². The van der Waals surface area contributed by atoms with Crippen LogP contribution in [-0.2, 0) is 11.4 Å². The molecule has 122 valence electrons. The molecule has 0 fully saturated rings. The molecule has 2 rings (SSSR count). The smallest absolute Gasteiger partial charge is 0.262 e. The lowest BCUT2D eigenvalue weighted by molar-refractivity contribution is -0.118. The van der Waals surface area contributed by atoms with E-state index in [0.717, 1.165) is 0 Å². The summed E-state index contributed by atoms with van der Waals surface area (Å²) >= 11 is 6.06. The molecule has 0 saturated carbocycles. The number of hydrogen-bond donors (Lipinski definition) is 2. The number of rotatable bonds is 6. The van der Waals surface area contributed by atoms with Crippen molar-refractivity contribution in [3.63, 3.8) is 0 Å². The van der Waals surface area contributed by atoms with Gasteiger partial charge in [0.05, 0.1) is 18.7 Å². The summed E-state index contributed by atoms with van der Waals surface area (Å²) in [6.07, 6.45) is 0. The standard InChI is InChI=1S/C16H15ClFNO4/c1-22-14-7-10(8-20)6-13(17)16(14)23-9-15(21)19-12-4-2-11(18)3-5-12/h2-7,20H,8-9H2,1H3,(H,19,21). The van der Waals surface area contributed by atoms with Crippen molar-refractivity contribution in [3.8, 4) is 11.5 Å². The van der Waals surface area contributed by atoms with E-state index in [4.69, 9.17) is 26.2 Å². The molecule has 0 unspecified atom stereocenters. The number of benzene rings is 2. The molecule has 2 aromatic rings. The third kappa shape index (κ3) is 4.58. The minimum atomic E-state index is -0.430. The number of anilines is 1. The van der Waals surface area contributed by atoms with Crippen molar-refractivity contribution in [2.24, 2.45) is 0 Å². The molecule has 2 aromatic carbocycles. The number of carbonyl (C=O) groups excluding carboxylic acids is 1. The molecule has 0 heterocycles. The molecule has 0 aliphatic carbocycles. The third-order valence-electron chi connectivity index (χ3n) is 2.95. The number of hydrogen-bond acceptors (Lipinski definition) is 4. The van der Waals surface area contributed by atoms with Gasteiger partial charge in [0.2, 0.25) is 0 Å². The molecule has 0 radical (unpaired) electrons. The highest BCUT2D eigenvalue weighted by atomic mass is 35.5. The van der Waals surface area contributed by atoms with Crippen LogP contribution in [0, 0.1) is 5.82 Å². The van der Waals surface area contributed by atoms with Crippen LogP contribution in [0.2, 0.25) is 5.02 Å². The van der Waals surface area contributed by atoms with Crippen molar-refractivity contribution in [2.45, 2.75) is 6.61 Å². The Morgan fingerprint density at radius 2 is 2.00 bits per heavy atom. The molecule has 0 bridgehead atoms. The maximum atomic E-state index is 12.8. The molecule has 0 aliphatic heterocycles. The summed E-state index contributed by atoms with van der Waals surface area (Å²) < 4.78 is 23.3. The van der Waals surface area contributed by atoms with Crippen LogP contribution in [0.5, 0.6) is 11.5 Å². The summed E-state index contributed by atoms with van der Waals surface area (Å²) in [4.78, 5) is 11.9. The number of nitrogens with one attached hydrogen (secondary N) is 1. The highest BCUT2D eigenvalue weighted by Crippen LogP contribution is 2.36. The van der Waals surface area contributed by atoms with E-state index in [1.807, 2.05) is 0 Å². The Morgan fingerprint density at radius 3 is 2.61 bits per heavy atom. The second-order valence-electron chi connectivity index (χ2n) is 4.61. The summed E-state index contributed by atoms with van der Waals surface area (Å²) in [6, 6.07) is 8.46. The fraction of sp³-hybridized carbons (Fsp3) is 0.188. The van der Waals surface area contributed by atoms with Gasteiger partial charge in [0.15, 0.2) is 18.1 Å². The summed E-state index contributed by atoms with van der Waals surface area (Å²) in [5.74, 6) is -0.294. The van der Waals surface area contributed by atoms with Crippen molar-refractivity contribution in [1.82, 2.24) is 0 Å². The minimum Gasteiger partial charge on any atom is -0.493 e. The molecule has 1 amide bonds. The van der Waals surface area contributed by atoms with Crippen LogP contribution in [0.4, 0.5) is 10.1 Å². The monoisotopic (exact) mass is 339 g/mol. The molecule has 0 atom stereocenters. The number of carbonyl (C=O) groups is 1. The number of aliphatic hydroxyl groups excluding tert-OH is 1. The van der Waals surface area contributed by atoms with Gasteiger partial charge in [0.1, 0.15) is 5.82 Å². The fourth-order valence-electron chi connectivity index (χ4n) is 1.87. The van der Waals surface area contributed by atoms with Gasteiger partial charge in [-0.3, -0.25) is 4.79 Å². The van der Waals surface area contributed by atoms with E-state index in [0.29, 0.717) is 17.0 Å². The highest BCUT2D eigenvalue weighted by Gasteiger charge is 2.13. The van der Waals surface area contributed by atoms with E-state index in [1.54, 1.807) is 6.07 Å². The van der Waals surface area contributed by atoms with Gasteiger partial charge in [-0.15, -0.1) is 0 Å². The first-order chi connectivity index (χ1) is 11.0. The average molecular weight is 340 g/mol. The number of methoxy groups -OCH3 is 1. The summed E-state index contributed by atoms with van der Waals surface area (Å²) in [5.41, 5.74) is 1.02. The zero-order valence-electron chi connectivity index (χ0n) is 12.3. The van der Waals surface area contributed by atoms with Gasteiger partial charge in [0, 0.05) is 5.69 Å². The first-order valence-electron chi connectivity index (χ1n) is 6.69. The maximum Gasteiger partial charge on any atom is 0.262 e. The first-order valence-corrected chi connectivity index (χ1v) is 7.06. The van der Waals surface area contributed by atoms with E-state index >= 15 is 0 Å². The molecule has 0 aliphatic rings. The Kier molecular flexibility index (Phi) is 5.78. The van der Waals surface area contributed by atoms with Gasteiger partial charge < -0.3 is 19.9 Å². The second kappa shape index (κ2) is 7.80. The molecule has 2 N–H and O–H groups in total. The van der Waals surface area contributed by atoms with E-state index in [9.17, 15) is 9.18 Å². The molecule has 0 aromatic heterocycles. The summed E-state index contributed by atoms with van der Waals surface area (Å²) in [6.45, 7) is -0.493. The maximum absolute atomic E-state index is 12.8. The molecule has 0 spiro atoms. The second-order valence-corrected chi connectivity index (χ2v) is 5.02. The van der Waals surface area contributed by atoms with Gasteiger partial charge in [-0.1, -0.05) is 11.6 Å². The SMILES string of the molecule is COc1cc(CO)cc(Cl)c1OCC(=O)Nc1ccc(F)cc1. The topological polar surface area (TPSA) is 67.8 Å². The van der Waals surface area contributed by atoms with Crippen LogP contribution in [-0.4, -0.2) is 24.7 Å². The summed E-state index contributed by atoms with van der Waals surface area (Å²) in [7, 11) is 1.43. The molecule has 0 saturated heterocycles. The van der Waals surface area contributed by atoms with Crippen molar-refractivity contribution < 1.29 is 23.8 Å². The first kappa shape index (κ1) is 17.1. The van der Waals surface area contributed by atoms with Crippen LogP contribution in [0.3, 0.4) is 0 Å².